The minimum atomic E-state index is -1.81. The Morgan fingerprint density at radius 3 is 0.977 bits per heavy atom. The van der Waals surface area contributed by atoms with Crippen molar-refractivity contribution in [1.82, 2.24) is 0 Å². The molecule has 0 aliphatic rings. The van der Waals surface area contributed by atoms with E-state index in [1.165, 1.54) is 0 Å². The monoisotopic (exact) mass is 625 g/mol. The molecule has 0 N–H and O–H groups in total. The number of aromatic carboxylic acids is 4. The zero-order valence-electron chi connectivity index (χ0n) is 23.1. The van der Waals surface area contributed by atoms with Gasteiger partial charge in [0.2, 0.25) is 12.8 Å². The summed E-state index contributed by atoms with van der Waals surface area (Å²) in [4.78, 5) is 81.4. The third-order valence-corrected chi connectivity index (χ3v) is 5.20. The molecular formula is C24H11N3Na4O12. The van der Waals surface area contributed by atoms with Crippen LogP contribution in [0.15, 0.2) is 54.6 Å². The fraction of sp³-hybridized carbons (Fsp3) is 0. The third-order valence-electron chi connectivity index (χ3n) is 5.20. The second-order valence-corrected chi connectivity index (χ2v) is 7.60. The molecule has 0 saturated carbocycles. The number of hydrogen-bond acceptors (Lipinski definition) is 12. The van der Waals surface area contributed by atoms with Gasteiger partial charge in [0.15, 0.2) is 0 Å². The van der Waals surface area contributed by atoms with E-state index in [4.69, 9.17) is 0 Å². The first-order valence-electron chi connectivity index (χ1n) is 10.3. The van der Waals surface area contributed by atoms with E-state index in [1.54, 1.807) is 0 Å². The van der Waals surface area contributed by atoms with Gasteiger partial charge in [0, 0.05) is 23.5 Å². The number of carbonyl (C=O) groups is 6. The fourth-order valence-corrected chi connectivity index (χ4v) is 3.48. The molecule has 0 saturated heterocycles. The average molecular weight is 625 g/mol. The van der Waals surface area contributed by atoms with Gasteiger partial charge in [-0.25, -0.2) is 0 Å². The number of anilines is 4. The molecular weight excluding hydrogens is 614 g/mol. The molecule has 43 heavy (non-hydrogen) atoms. The van der Waals surface area contributed by atoms with Gasteiger partial charge in [-0.2, -0.15) is 0 Å². The van der Waals surface area contributed by atoms with Crippen LogP contribution in [-0.2, 0) is 9.59 Å². The third kappa shape index (κ3) is 10.5. The predicted molar refractivity (Wildman–Crippen MR) is 120 cm³/mol. The maximum atomic E-state index is 12.0. The van der Waals surface area contributed by atoms with Crippen molar-refractivity contribution in [2.75, 3.05) is 9.80 Å². The maximum absolute atomic E-state index is 12.0. The normalized spacial score (nSPS) is 9.30. The van der Waals surface area contributed by atoms with Crippen molar-refractivity contribution in [2.24, 2.45) is 0 Å². The first-order valence-corrected chi connectivity index (χ1v) is 10.3. The first-order chi connectivity index (χ1) is 18.4. The number of nitro benzene ring substituents is 1. The molecule has 0 bridgehead atoms. The van der Waals surface area contributed by atoms with Crippen LogP contribution >= 0.6 is 0 Å². The Bertz CT molecular complexity index is 1410. The number of benzene rings is 3. The summed E-state index contributed by atoms with van der Waals surface area (Å²) < 4.78 is 0. The Morgan fingerprint density at radius 1 is 0.512 bits per heavy atom. The standard InChI is InChI=1S/C24H15N3O12.4Na/c28-10-25(16-3-12(21(30)31)1-13(4-16)22(32)33)18-7-19(9-20(8-18)27(38)39)26(11-29)17-5-14(23(34)35)2-15(6-17)24(36)37;;;;/h1-11H,(H,30,31)(H,32,33)(H,34,35)(H,36,37);;;;/q;4*+1/p-4. The molecule has 0 aliphatic heterocycles. The van der Waals surface area contributed by atoms with Crippen LogP contribution in [0, 0.1) is 10.1 Å². The number of rotatable bonds is 11. The van der Waals surface area contributed by atoms with Crippen LogP contribution in [0.1, 0.15) is 41.4 Å². The topological polar surface area (TPSA) is 244 Å². The van der Waals surface area contributed by atoms with Gasteiger partial charge in [0.05, 0.1) is 40.2 Å². The molecule has 2 amide bonds. The Morgan fingerprint density at radius 2 is 0.767 bits per heavy atom. The SMILES string of the molecule is O=CN(c1cc(C(=O)[O-])cc(C(=O)[O-])c1)c1cc(N(C=O)c2cc(C(=O)[O-])cc(C(=O)[O-])c2)cc([N+](=O)[O-])c1.[Na+].[Na+].[Na+].[Na+]. The van der Waals surface area contributed by atoms with E-state index < -0.39 is 68.1 Å². The Balaban J connectivity index is 0. The number of carboxylic acid groups (broad SMARTS) is 4. The molecule has 3 aromatic carbocycles. The zero-order chi connectivity index (χ0) is 29.0. The average Bonchev–Trinajstić information content (AvgIpc) is 2.89. The molecule has 0 heterocycles. The van der Waals surface area contributed by atoms with Gasteiger partial charge < -0.3 is 39.6 Å². The van der Waals surface area contributed by atoms with Gasteiger partial charge in [-0.3, -0.25) is 29.5 Å². The van der Waals surface area contributed by atoms with E-state index in [1.807, 2.05) is 0 Å². The summed E-state index contributed by atoms with van der Waals surface area (Å²) in [7, 11) is 0. The van der Waals surface area contributed by atoms with Gasteiger partial charge >= 0.3 is 118 Å². The summed E-state index contributed by atoms with van der Waals surface area (Å²) in [6, 6.07) is 7.38. The minimum Gasteiger partial charge on any atom is -0.545 e. The largest absolute Gasteiger partial charge is 1.00 e. The van der Waals surface area contributed by atoms with Crippen LogP contribution in [0.3, 0.4) is 0 Å². The van der Waals surface area contributed by atoms with Gasteiger partial charge in [0.25, 0.3) is 5.69 Å². The number of hydrogen-bond donors (Lipinski definition) is 0. The molecule has 0 unspecified atom stereocenters. The van der Waals surface area contributed by atoms with Gasteiger partial charge in [-0.1, -0.05) is 0 Å². The number of nitro groups is 1. The van der Waals surface area contributed by atoms with Crippen molar-refractivity contribution in [3.63, 3.8) is 0 Å². The summed E-state index contributed by atoms with van der Waals surface area (Å²) >= 11 is 0. The summed E-state index contributed by atoms with van der Waals surface area (Å²) in [6.07, 6.45) is 0.124. The number of non-ortho nitro benzene ring substituents is 1. The van der Waals surface area contributed by atoms with Crippen LogP contribution in [-0.4, -0.2) is 41.6 Å². The van der Waals surface area contributed by atoms with Crippen molar-refractivity contribution in [3.05, 3.63) is 87.0 Å². The second kappa shape index (κ2) is 18.6. The van der Waals surface area contributed by atoms with E-state index in [0.717, 1.165) is 42.5 Å². The molecule has 15 nitrogen and oxygen atoms in total. The first kappa shape index (κ1) is 43.0. The summed E-state index contributed by atoms with van der Waals surface area (Å²) in [5.41, 5.74) is -4.97. The van der Waals surface area contributed by atoms with Crippen molar-refractivity contribution in [2.45, 2.75) is 0 Å². The smallest absolute Gasteiger partial charge is 0.545 e. The Hall–Kier alpha value is -2.12. The van der Waals surface area contributed by atoms with Gasteiger partial charge in [-0.15, -0.1) is 0 Å². The molecule has 3 aromatic rings. The predicted octanol–water partition coefficient (Wildman–Crippen LogP) is -14.3. The van der Waals surface area contributed by atoms with Crippen molar-refractivity contribution in [1.29, 1.82) is 0 Å². The molecule has 0 aliphatic carbocycles. The van der Waals surface area contributed by atoms with E-state index in [9.17, 15) is 59.3 Å². The maximum Gasteiger partial charge on any atom is 1.00 e. The Labute approximate surface area is 330 Å². The number of carboxylic acids is 4. The number of nitrogens with zero attached hydrogens (tertiary/aromatic N) is 3. The quantitative estimate of drug-likeness (QED) is 0.0835. The van der Waals surface area contributed by atoms with Crippen molar-refractivity contribution >= 4 is 65.1 Å². The summed E-state index contributed by atoms with van der Waals surface area (Å²) in [5.74, 6) is -7.25. The van der Waals surface area contributed by atoms with Crippen molar-refractivity contribution in [3.8, 4) is 0 Å². The Kier molecular flexibility index (Phi) is 18.6. The summed E-state index contributed by atoms with van der Waals surface area (Å²) in [6.45, 7) is 0. The van der Waals surface area contributed by atoms with E-state index >= 15 is 0 Å². The van der Waals surface area contributed by atoms with E-state index in [2.05, 4.69) is 0 Å². The summed E-state index contributed by atoms with van der Waals surface area (Å²) in [5, 5.41) is 57.0. The molecule has 0 atom stereocenters. The molecule has 19 heteroatoms. The van der Waals surface area contributed by atoms with Crippen LogP contribution in [0.2, 0.25) is 0 Å². The van der Waals surface area contributed by atoms with E-state index in [0.29, 0.717) is 21.9 Å². The molecule has 3 rings (SSSR count). The molecule has 0 fully saturated rings. The van der Waals surface area contributed by atoms with E-state index in [-0.39, 0.29) is 142 Å². The number of amides is 2. The van der Waals surface area contributed by atoms with Gasteiger partial charge in [0.1, 0.15) is 0 Å². The molecule has 0 spiro atoms. The zero-order valence-corrected chi connectivity index (χ0v) is 31.1. The van der Waals surface area contributed by atoms with Crippen LogP contribution in [0.5, 0.6) is 0 Å². The second-order valence-electron chi connectivity index (χ2n) is 7.60. The van der Waals surface area contributed by atoms with Gasteiger partial charge in [-0.05, 0) is 64.7 Å². The molecule has 0 radical (unpaired) electrons. The van der Waals surface area contributed by atoms with Crippen LogP contribution in [0.4, 0.5) is 28.4 Å². The fourth-order valence-electron chi connectivity index (χ4n) is 3.48. The van der Waals surface area contributed by atoms with Crippen LogP contribution < -0.4 is 148 Å². The molecule has 0 aromatic heterocycles. The minimum absolute atomic E-state index is 0. The number of carbonyl (C=O) groups excluding carboxylic acids is 6. The molecule has 198 valence electrons. The van der Waals surface area contributed by atoms with Crippen LogP contribution in [0.25, 0.3) is 0 Å². The van der Waals surface area contributed by atoms with Crippen molar-refractivity contribution < 1.29 is 172 Å².